The van der Waals surface area contributed by atoms with Crippen LogP contribution in [0.2, 0.25) is 0 Å². The summed E-state index contributed by atoms with van der Waals surface area (Å²) in [6.45, 7) is 0.0692. The topological polar surface area (TPSA) is 87.5 Å². The number of hydrogen-bond acceptors (Lipinski definition) is 5. The van der Waals surface area contributed by atoms with E-state index in [4.69, 9.17) is 10.00 Å². The Balaban J connectivity index is 1.55. The Hall–Kier alpha value is -2.68. The number of imide groups is 1. The van der Waals surface area contributed by atoms with Crippen LogP contribution in [-0.4, -0.2) is 29.2 Å². The quantitative estimate of drug-likeness (QED) is 0.480. The maximum absolute atomic E-state index is 12.3. The van der Waals surface area contributed by atoms with E-state index < -0.39 is 5.97 Å². The van der Waals surface area contributed by atoms with Crippen LogP contribution in [0, 0.1) is 23.2 Å². The minimum Gasteiger partial charge on any atom is -0.426 e. The van der Waals surface area contributed by atoms with Gasteiger partial charge in [0.15, 0.2) is 0 Å². The van der Waals surface area contributed by atoms with Crippen LogP contribution < -0.4 is 4.74 Å². The molecule has 1 saturated carbocycles. The van der Waals surface area contributed by atoms with Crippen molar-refractivity contribution in [3.8, 4) is 11.8 Å². The van der Waals surface area contributed by atoms with Gasteiger partial charge in [0, 0.05) is 6.54 Å². The highest BCUT2D eigenvalue weighted by molar-refractivity contribution is 6.05. The van der Waals surface area contributed by atoms with Gasteiger partial charge in [-0.3, -0.25) is 19.3 Å². The van der Waals surface area contributed by atoms with E-state index in [2.05, 4.69) is 0 Å². The van der Waals surface area contributed by atoms with Crippen molar-refractivity contribution >= 4 is 17.8 Å². The van der Waals surface area contributed by atoms with E-state index in [0.717, 1.165) is 25.7 Å². The Labute approximate surface area is 140 Å². The van der Waals surface area contributed by atoms with E-state index in [1.165, 1.54) is 17.0 Å². The highest BCUT2D eigenvalue weighted by Gasteiger charge is 2.47. The van der Waals surface area contributed by atoms with E-state index >= 15 is 0 Å². The molecule has 2 atom stereocenters. The summed E-state index contributed by atoms with van der Waals surface area (Å²) in [6, 6.07) is 8.17. The third-order valence-electron chi connectivity index (χ3n) is 4.69. The summed E-state index contributed by atoms with van der Waals surface area (Å²) in [5.41, 5.74) is 0.477. The maximum atomic E-state index is 12.3. The van der Waals surface area contributed by atoms with Gasteiger partial charge in [-0.25, -0.2) is 0 Å². The lowest BCUT2D eigenvalue weighted by molar-refractivity contribution is -0.141. The smallest absolute Gasteiger partial charge is 0.312 e. The molecule has 6 nitrogen and oxygen atoms in total. The van der Waals surface area contributed by atoms with Crippen LogP contribution in [0.1, 0.15) is 37.7 Å². The zero-order valence-corrected chi connectivity index (χ0v) is 13.2. The number of benzene rings is 1. The third kappa shape index (κ3) is 3.16. The second-order valence-corrected chi connectivity index (χ2v) is 6.19. The average Bonchev–Trinajstić information content (AvgIpc) is 2.85. The first kappa shape index (κ1) is 16.2. The van der Waals surface area contributed by atoms with Gasteiger partial charge in [0.1, 0.15) is 5.75 Å². The second-order valence-electron chi connectivity index (χ2n) is 6.19. The fraction of sp³-hybridized carbons (Fsp3) is 0.444. The second kappa shape index (κ2) is 6.83. The molecule has 0 N–H and O–H groups in total. The zero-order valence-electron chi connectivity index (χ0n) is 13.2. The molecule has 6 heteroatoms. The van der Waals surface area contributed by atoms with Crippen LogP contribution >= 0.6 is 0 Å². The van der Waals surface area contributed by atoms with Crippen LogP contribution in [-0.2, 0) is 14.4 Å². The van der Waals surface area contributed by atoms with E-state index in [-0.39, 0.29) is 36.6 Å². The molecule has 0 radical (unpaired) electrons. The molecule has 0 aromatic heterocycles. The van der Waals surface area contributed by atoms with Gasteiger partial charge >= 0.3 is 5.97 Å². The molecule has 124 valence electrons. The van der Waals surface area contributed by atoms with Crippen LogP contribution in [0.3, 0.4) is 0 Å². The van der Waals surface area contributed by atoms with Crippen LogP contribution in [0.4, 0.5) is 0 Å². The standard InChI is InChI=1S/C18H18N2O4/c19-11-12-5-7-13(8-6-12)24-16(21)9-10-20-17(22)14-3-1-2-4-15(14)18(20)23/h5-8,14-15H,1-4,9-10H2/t14-,15+. The molecule has 0 spiro atoms. The van der Waals surface area contributed by atoms with Crippen molar-refractivity contribution in [2.75, 3.05) is 6.54 Å². The third-order valence-corrected chi connectivity index (χ3v) is 4.69. The summed E-state index contributed by atoms with van der Waals surface area (Å²) in [5, 5.41) is 8.73. The molecule has 3 rings (SSSR count). The van der Waals surface area contributed by atoms with Crippen molar-refractivity contribution in [1.82, 2.24) is 4.90 Å². The first-order chi connectivity index (χ1) is 11.6. The molecule has 1 heterocycles. The molecule has 1 saturated heterocycles. The van der Waals surface area contributed by atoms with Crippen molar-refractivity contribution in [3.05, 3.63) is 29.8 Å². The molecular weight excluding hydrogens is 308 g/mol. The summed E-state index contributed by atoms with van der Waals surface area (Å²) < 4.78 is 5.17. The molecule has 1 aliphatic carbocycles. The molecular formula is C18H18N2O4. The predicted octanol–water partition coefficient (Wildman–Crippen LogP) is 2.03. The number of esters is 1. The maximum Gasteiger partial charge on any atom is 0.312 e. The van der Waals surface area contributed by atoms with E-state index in [9.17, 15) is 14.4 Å². The number of nitriles is 1. The molecule has 0 unspecified atom stereocenters. The number of fused-ring (bicyclic) bond motifs is 1. The summed E-state index contributed by atoms with van der Waals surface area (Å²) in [7, 11) is 0. The molecule has 1 aromatic rings. The summed E-state index contributed by atoms with van der Waals surface area (Å²) in [4.78, 5) is 37.8. The first-order valence-electron chi connectivity index (χ1n) is 8.16. The van der Waals surface area contributed by atoms with Crippen LogP contribution in [0.5, 0.6) is 5.75 Å². The fourth-order valence-electron chi connectivity index (χ4n) is 3.43. The number of rotatable bonds is 4. The largest absolute Gasteiger partial charge is 0.426 e. The number of amides is 2. The predicted molar refractivity (Wildman–Crippen MR) is 83.6 cm³/mol. The van der Waals surface area contributed by atoms with Crippen LogP contribution in [0.15, 0.2) is 24.3 Å². The van der Waals surface area contributed by atoms with Gasteiger partial charge in [0.05, 0.1) is 29.9 Å². The molecule has 2 fully saturated rings. The Kier molecular flexibility index (Phi) is 4.61. The Morgan fingerprint density at radius 1 is 1.12 bits per heavy atom. The number of hydrogen-bond donors (Lipinski definition) is 0. The van der Waals surface area contributed by atoms with Crippen molar-refractivity contribution < 1.29 is 19.1 Å². The van der Waals surface area contributed by atoms with Gasteiger partial charge in [0.25, 0.3) is 0 Å². The highest BCUT2D eigenvalue weighted by Crippen LogP contribution is 2.37. The lowest BCUT2D eigenvalue weighted by Gasteiger charge is -2.19. The Morgan fingerprint density at radius 2 is 1.71 bits per heavy atom. The van der Waals surface area contributed by atoms with Crippen LogP contribution in [0.25, 0.3) is 0 Å². The van der Waals surface area contributed by atoms with Gasteiger partial charge in [-0.05, 0) is 37.1 Å². The zero-order chi connectivity index (χ0) is 17.1. The highest BCUT2D eigenvalue weighted by atomic mass is 16.5. The van der Waals surface area contributed by atoms with Crippen molar-refractivity contribution in [1.29, 1.82) is 5.26 Å². The lowest BCUT2D eigenvalue weighted by Crippen LogP contribution is -2.33. The normalized spacial score (nSPS) is 22.9. The molecule has 2 aliphatic rings. The number of ether oxygens (including phenoxy) is 1. The monoisotopic (exact) mass is 326 g/mol. The molecule has 24 heavy (non-hydrogen) atoms. The summed E-state index contributed by atoms with van der Waals surface area (Å²) in [5.74, 6) is -0.838. The van der Waals surface area contributed by atoms with Gasteiger partial charge in [-0.2, -0.15) is 5.26 Å². The van der Waals surface area contributed by atoms with Gasteiger partial charge in [-0.15, -0.1) is 0 Å². The minimum absolute atomic E-state index is 0.0308. The van der Waals surface area contributed by atoms with E-state index in [1.54, 1.807) is 12.1 Å². The molecule has 0 bridgehead atoms. The SMILES string of the molecule is N#Cc1ccc(OC(=O)CCN2C(=O)[C@H]3CCCC[C@H]3C2=O)cc1. The molecule has 1 aliphatic heterocycles. The van der Waals surface area contributed by atoms with E-state index in [0.29, 0.717) is 11.3 Å². The molecule has 2 amide bonds. The van der Waals surface area contributed by atoms with Gasteiger partial charge in [-0.1, -0.05) is 12.8 Å². The number of carbonyl (C=O) groups is 3. The number of likely N-dealkylation sites (tertiary alicyclic amines) is 1. The number of carbonyl (C=O) groups excluding carboxylic acids is 3. The Morgan fingerprint density at radius 3 is 2.25 bits per heavy atom. The van der Waals surface area contributed by atoms with Crippen molar-refractivity contribution in [2.24, 2.45) is 11.8 Å². The summed E-state index contributed by atoms with van der Waals surface area (Å²) in [6.07, 6.45) is 3.46. The lowest BCUT2D eigenvalue weighted by atomic mass is 9.81. The average molecular weight is 326 g/mol. The van der Waals surface area contributed by atoms with Crippen molar-refractivity contribution in [2.45, 2.75) is 32.1 Å². The van der Waals surface area contributed by atoms with E-state index in [1.807, 2.05) is 6.07 Å². The number of nitrogens with zero attached hydrogens (tertiary/aromatic N) is 2. The minimum atomic E-state index is -0.504. The van der Waals surface area contributed by atoms with Gasteiger partial charge in [0.2, 0.25) is 11.8 Å². The van der Waals surface area contributed by atoms with Crippen molar-refractivity contribution in [3.63, 3.8) is 0 Å². The van der Waals surface area contributed by atoms with Gasteiger partial charge < -0.3 is 4.74 Å². The Bertz CT molecular complexity index is 681. The molecule has 1 aromatic carbocycles. The first-order valence-corrected chi connectivity index (χ1v) is 8.16. The summed E-state index contributed by atoms with van der Waals surface area (Å²) >= 11 is 0. The fourth-order valence-corrected chi connectivity index (χ4v) is 3.43.